The Kier molecular flexibility index (Phi) is 3.26. The fourth-order valence-electron chi connectivity index (χ4n) is 1.24. The maximum absolute atomic E-state index is 11.7. The average Bonchev–Trinajstić information content (AvgIpc) is 2.75. The van der Waals surface area contributed by atoms with Gasteiger partial charge in [-0.05, 0) is 29.6 Å². The number of carbonyl (C=O) groups excluding carboxylic acids is 1. The lowest BCUT2D eigenvalue weighted by Gasteiger charge is -2.07. The molecule has 0 aliphatic carbocycles. The van der Waals surface area contributed by atoms with E-state index >= 15 is 0 Å². The van der Waals surface area contributed by atoms with Crippen LogP contribution in [-0.4, -0.2) is 5.91 Å². The van der Waals surface area contributed by atoms with Crippen molar-refractivity contribution < 1.29 is 4.79 Å². The van der Waals surface area contributed by atoms with Crippen LogP contribution in [0, 0.1) is 0 Å². The number of rotatable bonds is 2. The van der Waals surface area contributed by atoms with Crippen LogP contribution in [0.1, 0.15) is 9.67 Å². The highest BCUT2D eigenvalue weighted by Gasteiger charge is 2.08. The number of anilines is 2. The van der Waals surface area contributed by atoms with Gasteiger partial charge in [-0.3, -0.25) is 4.79 Å². The quantitative estimate of drug-likeness (QED) is 0.835. The van der Waals surface area contributed by atoms with Gasteiger partial charge in [-0.1, -0.05) is 22.0 Å². The van der Waals surface area contributed by atoms with E-state index in [0.717, 1.165) is 4.47 Å². The number of amides is 1. The molecule has 1 aromatic carbocycles. The lowest BCUT2D eigenvalue weighted by molar-refractivity contribution is 0.103. The maximum atomic E-state index is 11.7. The second kappa shape index (κ2) is 4.67. The van der Waals surface area contributed by atoms with Crippen LogP contribution >= 0.6 is 27.3 Å². The van der Waals surface area contributed by atoms with E-state index in [4.69, 9.17) is 5.73 Å². The van der Waals surface area contributed by atoms with Gasteiger partial charge in [0.15, 0.2) is 0 Å². The number of nitrogens with two attached hydrogens (primary N) is 1. The Balaban J connectivity index is 2.18. The first-order valence-corrected chi connectivity index (χ1v) is 6.24. The van der Waals surface area contributed by atoms with Crippen LogP contribution in [0.2, 0.25) is 0 Å². The summed E-state index contributed by atoms with van der Waals surface area (Å²) >= 11 is 4.71. The number of nitrogens with one attached hydrogen (secondary N) is 1. The summed E-state index contributed by atoms with van der Waals surface area (Å²) in [6.07, 6.45) is 0. The van der Waals surface area contributed by atoms with Crippen molar-refractivity contribution in [3.63, 3.8) is 0 Å². The van der Waals surface area contributed by atoms with Crippen molar-refractivity contribution in [1.29, 1.82) is 0 Å². The van der Waals surface area contributed by atoms with Crippen molar-refractivity contribution in [3.8, 4) is 0 Å². The summed E-state index contributed by atoms with van der Waals surface area (Å²) in [6.45, 7) is 0. The molecule has 1 amide bonds. The second-order valence-corrected chi connectivity index (χ2v) is 5.03. The van der Waals surface area contributed by atoms with Crippen molar-refractivity contribution >= 4 is 44.5 Å². The van der Waals surface area contributed by atoms with Crippen molar-refractivity contribution in [1.82, 2.24) is 0 Å². The van der Waals surface area contributed by atoms with Gasteiger partial charge >= 0.3 is 0 Å². The fourth-order valence-corrected chi connectivity index (χ4v) is 2.24. The molecule has 0 radical (unpaired) electrons. The zero-order valence-corrected chi connectivity index (χ0v) is 10.6. The van der Waals surface area contributed by atoms with Gasteiger partial charge < -0.3 is 11.1 Å². The van der Waals surface area contributed by atoms with E-state index in [1.807, 2.05) is 17.5 Å². The Morgan fingerprint density at radius 1 is 1.38 bits per heavy atom. The maximum Gasteiger partial charge on any atom is 0.265 e. The molecule has 5 heteroatoms. The third kappa shape index (κ3) is 2.43. The molecule has 0 bridgehead atoms. The molecule has 0 saturated carbocycles. The van der Waals surface area contributed by atoms with E-state index in [0.29, 0.717) is 16.3 Å². The molecular weight excluding hydrogens is 288 g/mol. The van der Waals surface area contributed by atoms with Gasteiger partial charge in [0.2, 0.25) is 0 Å². The minimum Gasteiger partial charge on any atom is -0.397 e. The second-order valence-electron chi connectivity index (χ2n) is 3.16. The number of benzene rings is 1. The monoisotopic (exact) mass is 296 g/mol. The number of hydrogen-bond acceptors (Lipinski definition) is 3. The van der Waals surface area contributed by atoms with Crippen LogP contribution in [0.25, 0.3) is 0 Å². The molecule has 2 rings (SSSR count). The normalized spacial score (nSPS) is 10.1. The Morgan fingerprint density at radius 2 is 2.19 bits per heavy atom. The average molecular weight is 297 g/mol. The van der Waals surface area contributed by atoms with Crippen LogP contribution in [0.3, 0.4) is 0 Å². The molecule has 0 aliphatic rings. The van der Waals surface area contributed by atoms with Crippen molar-refractivity contribution in [2.75, 3.05) is 11.1 Å². The van der Waals surface area contributed by atoms with Crippen molar-refractivity contribution in [2.45, 2.75) is 0 Å². The van der Waals surface area contributed by atoms with Gasteiger partial charge in [0.05, 0.1) is 16.3 Å². The molecule has 1 heterocycles. The summed E-state index contributed by atoms with van der Waals surface area (Å²) < 4.78 is 0.888. The van der Waals surface area contributed by atoms with Gasteiger partial charge in [0.25, 0.3) is 5.91 Å². The first kappa shape index (κ1) is 11.2. The minimum atomic E-state index is -0.135. The Morgan fingerprint density at radius 3 is 2.81 bits per heavy atom. The molecule has 0 aliphatic heterocycles. The van der Waals surface area contributed by atoms with E-state index in [-0.39, 0.29) is 5.91 Å². The number of nitrogen functional groups attached to an aromatic ring is 1. The predicted molar refractivity (Wildman–Crippen MR) is 70.8 cm³/mol. The highest BCUT2D eigenvalue weighted by molar-refractivity contribution is 9.10. The lowest BCUT2D eigenvalue weighted by atomic mass is 10.2. The van der Waals surface area contributed by atoms with Crippen molar-refractivity contribution in [2.24, 2.45) is 0 Å². The largest absolute Gasteiger partial charge is 0.397 e. The molecule has 0 fully saturated rings. The summed E-state index contributed by atoms with van der Waals surface area (Å²) in [7, 11) is 0. The summed E-state index contributed by atoms with van der Waals surface area (Å²) in [5.74, 6) is -0.135. The molecule has 0 saturated heterocycles. The smallest absolute Gasteiger partial charge is 0.265 e. The molecule has 0 unspecified atom stereocenters. The zero-order valence-electron chi connectivity index (χ0n) is 8.24. The third-order valence-corrected chi connectivity index (χ3v) is 3.37. The third-order valence-electron chi connectivity index (χ3n) is 2.01. The predicted octanol–water partition coefficient (Wildman–Crippen LogP) is 3.35. The van der Waals surface area contributed by atoms with E-state index in [1.54, 1.807) is 18.2 Å². The number of carbonyl (C=O) groups is 1. The van der Waals surface area contributed by atoms with Gasteiger partial charge in [-0.15, -0.1) is 11.3 Å². The first-order chi connectivity index (χ1) is 7.66. The van der Waals surface area contributed by atoms with Crippen LogP contribution in [0.15, 0.2) is 40.2 Å². The molecule has 3 nitrogen and oxygen atoms in total. The summed E-state index contributed by atoms with van der Waals surface area (Å²) in [4.78, 5) is 12.4. The molecule has 0 atom stereocenters. The van der Waals surface area contributed by atoms with Gasteiger partial charge in [-0.2, -0.15) is 0 Å². The van der Waals surface area contributed by atoms with Crippen molar-refractivity contribution in [3.05, 3.63) is 45.1 Å². The Hall–Kier alpha value is -1.33. The molecule has 3 N–H and O–H groups in total. The highest BCUT2D eigenvalue weighted by atomic mass is 79.9. The first-order valence-electron chi connectivity index (χ1n) is 4.56. The molecule has 82 valence electrons. The zero-order chi connectivity index (χ0) is 11.5. The lowest BCUT2D eigenvalue weighted by Crippen LogP contribution is -2.11. The number of hydrogen-bond donors (Lipinski definition) is 2. The van der Waals surface area contributed by atoms with E-state index < -0.39 is 0 Å². The van der Waals surface area contributed by atoms with Crippen LogP contribution in [0.5, 0.6) is 0 Å². The van der Waals surface area contributed by atoms with E-state index in [1.165, 1.54) is 11.3 Å². The molecule has 0 spiro atoms. The molecular formula is C11H9BrN2OS. The fraction of sp³-hybridized carbons (Fsp3) is 0. The topological polar surface area (TPSA) is 55.1 Å². The van der Waals surface area contributed by atoms with Gasteiger partial charge in [0.1, 0.15) is 0 Å². The Bertz CT molecular complexity index is 511. The van der Waals surface area contributed by atoms with E-state index in [9.17, 15) is 4.79 Å². The standard InChI is InChI=1S/C11H9BrN2OS/c12-7-3-4-9(8(13)6-7)14-11(15)10-2-1-5-16-10/h1-6H,13H2,(H,14,15). The van der Waals surface area contributed by atoms with Crippen LogP contribution in [-0.2, 0) is 0 Å². The Labute approximate surface area is 105 Å². The molecule has 1 aromatic heterocycles. The van der Waals surface area contributed by atoms with Crippen LogP contribution < -0.4 is 11.1 Å². The van der Waals surface area contributed by atoms with Gasteiger partial charge in [-0.25, -0.2) is 0 Å². The van der Waals surface area contributed by atoms with Crippen LogP contribution in [0.4, 0.5) is 11.4 Å². The summed E-state index contributed by atoms with van der Waals surface area (Å²) in [5, 5.41) is 4.63. The summed E-state index contributed by atoms with van der Waals surface area (Å²) in [5.41, 5.74) is 6.95. The summed E-state index contributed by atoms with van der Waals surface area (Å²) in [6, 6.07) is 8.97. The highest BCUT2D eigenvalue weighted by Crippen LogP contribution is 2.23. The SMILES string of the molecule is Nc1cc(Br)ccc1NC(=O)c1cccs1. The minimum absolute atomic E-state index is 0.135. The van der Waals surface area contributed by atoms with E-state index in [2.05, 4.69) is 21.2 Å². The van der Waals surface area contributed by atoms with Gasteiger partial charge in [0, 0.05) is 4.47 Å². The molecule has 2 aromatic rings. The molecule has 16 heavy (non-hydrogen) atoms. The number of thiophene rings is 1. The number of halogens is 1.